The molecule has 6 nitrogen and oxygen atoms in total. The highest BCUT2D eigenvalue weighted by molar-refractivity contribution is 7.80. The Bertz CT molecular complexity index is 1090. The van der Waals surface area contributed by atoms with Gasteiger partial charge in [0.2, 0.25) is 0 Å². The molecule has 0 radical (unpaired) electrons. The van der Waals surface area contributed by atoms with E-state index in [2.05, 4.69) is 10.6 Å². The zero-order chi connectivity index (χ0) is 23.1. The minimum Gasteiger partial charge on any atom is -0.462 e. The average molecular weight is 469 g/mol. The molecule has 0 saturated carbocycles. The third-order valence-electron chi connectivity index (χ3n) is 4.23. The van der Waals surface area contributed by atoms with E-state index in [0.717, 1.165) is 10.4 Å². The Morgan fingerprint density at radius 3 is 2.31 bits per heavy atom. The van der Waals surface area contributed by atoms with Crippen molar-refractivity contribution in [3.05, 3.63) is 71.8 Å². The lowest BCUT2D eigenvalue weighted by Crippen LogP contribution is -2.20. The molecule has 1 heterocycles. The molecule has 0 fully saturated rings. The van der Waals surface area contributed by atoms with Crippen LogP contribution in [0.3, 0.4) is 0 Å². The van der Waals surface area contributed by atoms with Crippen LogP contribution in [0, 0.1) is 0 Å². The lowest BCUT2D eigenvalue weighted by molar-refractivity contribution is 0.0377. The largest absolute Gasteiger partial charge is 0.462 e. The van der Waals surface area contributed by atoms with Gasteiger partial charge >= 0.3 is 11.9 Å². The minimum absolute atomic E-state index is 0.183. The second kappa shape index (κ2) is 10.9. The number of nitrogens with one attached hydrogen (secondary N) is 2. The summed E-state index contributed by atoms with van der Waals surface area (Å²) in [4.78, 5) is 25.4. The van der Waals surface area contributed by atoms with E-state index in [4.69, 9.17) is 21.7 Å². The number of ether oxygens (including phenoxy) is 2. The first-order valence-corrected chi connectivity index (χ1v) is 11.3. The van der Waals surface area contributed by atoms with E-state index in [1.54, 1.807) is 51.1 Å². The van der Waals surface area contributed by atoms with Gasteiger partial charge in [-0.15, -0.1) is 11.3 Å². The van der Waals surface area contributed by atoms with Crippen molar-refractivity contribution in [1.82, 2.24) is 0 Å². The molecule has 2 N–H and O–H groups in total. The van der Waals surface area contributed by atoms with Crippen LogP contribution in [0.2, 0.25) is 0 Å². The van der Waals surface area contributed by atoms with Crippen LogP contribution < -0.4 is 10.6 Å². The standard InChI is InChI=1S/C24H24N2O4S2/c1-4-29-23(28)19-14-20(16-8-6-5-7-9-16)32-21(19)26-24(31)25-18-12-10-17(11-13-18)22(27)30-15(2)3/h5-15H,4H2,1-3H3,(H2,25,26,31). The van der Waals surface area contributed by atoms with E-state index in [1.165, 1.54) is 11.3 Å². The lowest BCUT2D eigenvalue weighted by Gasteiger charge is -2.11. The van der Waals surface area contributed by atoms with Crippen molar-refractivity contribution in [2.45, 2.75) is 26.9 Å². The van der Waals surface area contributed by atoms with Crippen LogP contribution in [-0.4, -0.2) is 29.8 Å². The molecule has 0 bridgehead atoms. The van der Waals surface area contributed by atoms with E-state index in [1.807, 2.05) is 30.3 Å². The maximum absolute atomic E-state index is 12.5. The summed E-state index contributed by atoms with van der Waals surface area (Å²) in [5, 5.41) is 7.07. The second-order valence-corrected chi connectivity index (χ2v) is 8.51. The second-order valence-electron chi connectivity index (χ2n) is 7.05. The molecule has 0 unspecified atom stereocenters. The monoisotopic (exact) mass is 468 g/mol. The number of carbonyl (C=O) groups excluding carboxylic acids is 2. The zero-order valence-corrected chi connectivity index (χ0v) is 19.6. The van der Waals surface area contributed by atoms with Gasteiger partial charge in [0.15, 0.2) is 5.11 Å². The van der Waals surface area contributed by atoms with Crippen molar-refractivity contribution in [2.75, 3.05) is 17.2 Å². The Hall–Kier alpha value is -3.23. The molecule has 0 aliphatic carbocycles. The molecule has 1 aromatic heterocycles. The van der Waals surface area contributed by atoms with Gasteiger partial charge < -0.3 is 20.1 Å². The SMILES string of the molecule is CCOC(=O)c1cc(-c2ccccc2)sc1NC(=S)Nc1ccc(C(=O)OC(C)C)cc1. The number of anilines is 2. The van der Waals surface area contributed by atoms with Crippen LogP contribution >= 0.6 is 23.6 Å². The fourth-order valence-corrected chi connectivity index (χ4v) is 4.17. The van der Waals surface area contributed by atoms with Crippen LogP contribution in [0.25, 0.3) is 10.4 Å². The van der Waals surface area contributed by atoms with E-state index >= 15 is 0 Å². The third kappa shape index (κ3) is 6.15. The van der Waals surface area contributed by atoms with E-state index in [-0.39, 0.29) is 18.7 Å². The summed E-state index contributed by atoms with van der Waals surface area (Å²) in [7, 11) is 0. The molecule has 0 aliphatic rings. The summed E-state index contributed by atoms with van der Waals surface area (Å²) in [5.74, 6) is -0.789. The number of esters is 2. The third-order valence-corrected chi connectivity index (χ3v) is 5.54. The number of hydrogen-bond acceptors (Lipinski definition) is 6. The highest BCUT2D eigenvalue weighted by atomic mass is 32.1. The van der Waals surface area contributed by atoms with Gasteiger partial charge in [-0.2, -0.15) is 0 Å². The molecule has 0 amide bonds. The molecular formula is C24H24N2O4S2. The normalized spacial score (nSPS) is 10.5. The van der Waals surface area contributed by atoms with Gasteiger partial charge in [0.25, 0.3) is 0 Å². The van der Waals surface area contributed by atoms with Crippen molar-refractivity contribution in [3.63, 3.8) is 0 Å². The Labute approximate surface area is 196 Å². The lowest BCUT2D eigenvalue weighted by atomic mass is 10.1. The highest BCUT2D eigenvalue weighted by Gasteiger charge is 2.19. The number of carbonyl (C=O) groups is 2. The first-order chi connectivity index (χ1) is 15.4. The predicted molar refractivity (Wildman–Crippen MR) is 133 cm³/mol. The fraction of sp³-hybridized carbons (Fsp3) is 0.208. The molecule has 166 valence electrons. The predicted octanol–water partition coefficient (Wildman–Crippen LogP) is 5.97. The number of thiocarbonyl (C=S) groups is 1. The molecule has 0 saturated heterocycles. The van der Waals surface area contributed by atoms with Crippen molar-refractivity contribution in [1.29, 1.82) is 0 Å². The molecule has 0 aliphatic heterocycles. The van der Waals surface area contributed by atoms with Gasteiger partial charge in [-0.05, 0) is 68.9 Å². The minimum atomic E-state index is -0.413. The van der Waals surface area contributed by atoms with E-state index in [0.29, 0.717) is 26.9 Å². The molecule has 3 aromatic rings. The van der Waals surface area contributed by atoms with Crippen LogP contribution in [0.5, 0.6) is 0 Å². The Morgan fingerprint density at radius 1 is 1.00 bits per heavy atom. The molecule has 3 rings (SSSR count). The first-order valence-electron chi connectivity index (χ1n) is 10.1. The topological polar surface area (TPSA) is 76.7 Å². The molecule has 0 spiro atoms. The smallest absolute Gasteiger partial charge is 0.341 e. The van der Waals surface area contributed by atoms with Gasteiger partial charge in [0.05, 0.1) is 23.8 Å². The van der Waals surface area contributed by atoms with Crippen LogP contribution in [-0.2, 0) is 9.47 Å². The van der Waals surface area contributed by atoms with Crippen molar-refractivity contribution in [2.24, 2.45) is 0 Å². The van der Waals surface area contributed by atoms with Crippen LogP contribution in [0.4, 0.5) is 10.7 Å². The molecule has 2 aromatic carbocycles. The highest BCUT2D eigenvalue weighted by Crippen LogP contribution is 2.36. The molecule has 8 heteroatoms. The number of thiophene rings is 1. The number of rotatable bonds is 7. The molecule has 0 atom stereocenters. The Kier molecular flexibility index (Phi) is 7.97. The number of hydrogen-bond donors (Lipinski definition) is 2. The van der Waals surface area contributed by atoms with Crippen molar-refractivity contribution < 1.29 is 19.1 Å². The summed E-state index contributed by atoms with van der Waals surface area (Å²) < 4.78 is 10.4. The average Bonchev–Trinajstić information content (AvgIpc) is 3.18. The van der Waals surface area contributed by atoms with Gasteiger partial charge in [-0.1, -0.05) is 30.3 Å². The van der Waals surface area contributed by atoms with Gasteiger partial charge in [-0.25, -0.2) is 9.59 Å². The van der Waals surface area contributed by atoms with Gasteiger partial charge in [-0.3, -0.25) is 0 Å². The van der Waals surface area contributed by atoms with Crippen LogP contribution in [0.15, 0.2) is 60.7 Å². The Balaban J connectivity index is 1.74. The van der Waals surface area contributed by atoms with Crippen molar-refractivity contribution >= 4 is 51.3 Å². The van der Waals surface area contributed by atoms with Crippen LogP contribution in [0.1, 0.15) is 41.5 Å². The summed E-state index contributed by atoms with van der Waals surface area (Å²) in [6.07, 6.45) is -0.183. The summed E-state index contributed by atoms with van der Waals surface area (Å²) in [6, 6.07) is 18.4. The summed E-state index contributed by atoms with van der Waals surface area (Å²) >= 11 is 6.85. The zero-order valence-electron chi connectivity index (χ0n) is 18.0. The molecular weight excluding hydrogens is 444 g/mol. The Morgan fingerprint density at radius 2 is 1.69 bits per heavy atom. The summed E-state index contributed by atoms with van der Waals surface area (Å²) in [5.41, 5.74) is 2.57. The van der Waals surface area contributed by atoms with Gasteiger partial charge in [0, 0.05) is 10.6 Å². The quantitative estimate of drug-likeness (QED) is 0.327. The van der Waals surface area contributed by atoms with Gasteiger partial charge in [0.1, 0.15) is 5.00 Å². The number of benzene rings is 2. The molecule has 32 heavy (non-hydrogen) atoms. The maximum atomic E-state index is 12.5. The summed E-state index contributed by atoms with van der Waals surface area (Å²) in [6.45, 7) is 5.65. The van der Waals surface area contributed by atoms with E-state index < -0.39 is 5.97 Å². The van der Waals surface area contributed by atoms with E-state index in [9.17, 15) is 9.59 Å². The first kappa shape index (κ1) is 23.4. The fourth-order valence-electron chi connectivity index (χ4n) is 2.83. The van der Waals surface area contributed by atoms with Crippen molar-refractivity contribution in [3.8, 4) is 10.4 Å². The maximum Gasteiger partial charge on any atom is 0.341 e.